The van der Waals surface area contributed by atoms with Crippen molar-refractivity contribution in [3.05, 3.63) is 81.9 Å². The molecule has 0 unspecified atom stereocenters. The summed E-state index contributed by atoms with van der Waals surface area (Å²) in [4.78, 5) is 16.1. The molecule has 0 atom stereocenters. The molecule has 0 saturated carbocycles. The van der Waals surface area contributed by atoms with Crippen LogP contribution >= 0.6 is 22.6 Å². The van der Waals surface area contributed by atoms with Gasteiger partial charge in [-0.15, -0.1) is 0 Å². The van der Waals surface area contributed by atoms with E-state index < -0.39 is 0 Å². The van der Waals surface area contributed by atoms with Crippen LogP contribution in [0, 0.1) is 3.57 Å². The summed E-state index contributed by atoms with van der Waals surface area (Å²) in [5.74, 6) is 0. The zero-order chi connectivity index (χ0) is 16.8. The Morgan fingerprint density at radius 2 is 1.83 bits per heavy atom. The molecule has 2 amide bonds. The monoisotopic (exact) mass is 432 g/mol. The van der Waals surface area contributed by atoms with E-state index in [4.69, 9.17) is 0 Å². The second-order valence-electron chi connectivity index (χ2n) is 5.32. The van der Waals surface area contributed by atoms with Gasteiger partial charge in [-0.2, -0.15) is 0 Å². The Bertz CT molecular complexity index is 800. The molecule has 3 aromatic rings. The highest BCUT2D eigenvalue weighted by Gasteiger charge is 2.06. The average molecular weight is 432 g/mol. The van der Waals surface area contributed by atoms with Gasteiger partial charge in [-0.1, -0.05) is 24.3 Å². The third-order valence-corrected chi connectivity index (χ3v) is 4.29. The maximum absolute atomic E-state index is 12.1. The lowest BCUT2D eigenvalue weighted by Gasteiger charge is -2.12. The van der Waals surface area contributed by atoms with Crippen molar-refractivity contribution in [3.8, 4) is 0 Å². The van der Waals surface area contributed by atoms with Crippen LogP contribution in [0.5, 0.6) is 0 Å². The Hall–Kier alpha value is -2.35. The van der Waals surface area contributed by atoms with E-state index in [0.717, 1.165) is 26.9 Å². The van der Waals surface area contributed by atoms with Crippen LogP contribution in [0.4, 0.5) is 10.5 Å². The van der Waals surface area contributed by atoms with Crippen LogP contribution in [-0.2, 0) is 13.1 Å². The Morgan fingerprint density at radius 1 is 1.08 bits per heavy atom. The molecule has 0 aliphatic carbocycles. The summed E-state index contributed by atoms with van der Waals surface area (Å²) in [5, 5.41) is 5.74. The number of rotatable bonds is 5. The molecule has 6 heteroatoms. The van der Waals surface area contributed by atoms with Crippen molar-refractivity contribution in [3.63, 3.8) is 0 Å². The Balaban J connectivity index is 1.60. The van der Waals surface area contributed by atoms with Gasteiger partial charge in [0.15, 0.2) is 0 Å². The highest BCUT2D eigenvalue weighted by atomic mass is 127. The topological polar surface area (TPSA) is 59.0 Å². The molecule has 0 fully saturated rings. The van der Waals surface area contributed by atoms with E-state index in [1.54, 1.807) is 12.5 Å². The van der Waals surface area contributed by atoms with Crippen LogP contribution in [-0.4, -0.2) is 15.6 Å². The molecule has 0 saturated heterocycles. The zero-order valence-electron chi connectivity index (χ0n) is 12.9. The minimum Gasteiger partial charge on any atom is -0.334 e. The molecule has 122 valence electrons. The lowest BCUT2D eigenvalue weighted by molar-refractivity contribution is 0.251. The number of imidazole rings is 1. The van der Waals surface area contributed by atoms with Crippen molar-refractivity contribution in [1.29, 1.82) is 0 Å². The number of halogens is 1. The number of anilines is 1. The van der Waals surface area contributed by atoms with Gasteiger partial charge in [0.05, 0.1) is 6.33 Å². The van der Waals surface area contributed by atoms with Gasteiger partial charge in [-0.25, -0.2) is 9.78 Å². The molecular formula is C18H17IN4O. The maximum atomic E-state index is 12.1. The van der Waals surface area contributed by atoms with Gasteiger partial charge in [-0.3, -0.25) is 0 Å². The van der Waals surface area contributed by atoms with Gasteiger partial charge in [0.1, 0.15) is 0 Å². The standard InChI is InChI=1S/C18H17IN4O/c19-16-5-7-17(8-6-16)22-18(24)21-11-14-3-1-2-4-15(14)12-23-10-9-20-13-23/h1-10,13H,11-12H2,(H2,21,22,24). The smallest absolute Gasteiger partial charge is 0.319 e. The van der Waals surface area contributed by atoms with Gasteiger partial charge < -0.3 is 15.2 Å². The number of urea groups is 1. The molecular weight excluding hydrogens is 415 g/mol. The van der Waals surface area contributed by atoms with E-state index in [2.05, 4.69) is 44.3 Å². The van der Waals surface area contributed by atoms with E-state index in [1.165, 1.54) is 0 Å². The van der Waals surface area contributed by atoms with E-state index >= 15 is 0 Å². The molecule has 0 spiro atoms. The third-order valence-electron chi connectivity index (χ3n) is 3.57. The fourth-order valence-corrected chi connectivity index (χ4v) is 2.70. The van der Waals surface area contributed by atoms with Crippen molar-refractivity contribution < 1.29 is 4.79 Å². The highest BCUT2D eigenvalue weighted by Crippen LogP contribution is 2.12. The number of aromatic nitrogens is 2. The van der Waals surface area contributed by atoms with Crippen LogP contribution in [0.15, 0.2) is 67.3 Å². The molecule has 2 N–H and O–H groups in total. The summed E-state index contributed by atoms with van der Waals surface area (Å²) < 4.78 is 3.14. The summed E-state index contributed by atoms with van der Waals surface area (Å²) in [6.07, 6.45) is 5.47. The van der Waals surface area contributed by atoms with Crippen LogP contribution in [0.1, 0.15) is 11.1 Å². The van der Waals surface area contributed by atoms with Crippen LogP contribution in [0.3, 0.4) is 0 Å². The van der Waals surface area contributed by atoms with Gasteiger partial charge in [0, 0.05) is 34.7 Å². The van der Waals surface area contributed by atoms with Gasteiger partial charge >= 0.3 is 6.03 Å². The first-order valence-corrected chi connectivity index (χ1v) is 8.61. The fourth-order valence-electron chi connectivity index (χ4n) is 2.35. The molecule has 2 aromatic carbocycles. The lowest BCUT2D eigenvalue weighted by atomic mass is 10.1. The van der Waals surface area contributed by atoms with Crippen molar-refractivity contribution >= 4 is 34.3 Å². The van der Waals surface area contributed by atoms with Gasteiger partial charge in [0.25, 0.3) is 0 Å². The number of hydrogen-bond acceptors (Lipinski definition) is 2. The van der Waals surface area contributed by atoms with Crippen LogP contribution < -0.4 is 10.6 Å². The average Bonchev–Trinajstić information content (AvgIpc) is 3.09. The quantitative estimate of drug-likeness (QED) is 0.602. The molecule has 5 nitrogen and oxygen atoms in total. The molecule has 3 rings (SSSR count). The second-order valence-corrected chi connectivity index (χ2v) is 6.56. The summed E-state index contributed by atoms with van der Waals surface area (Å²) in [5.41, 5.74) is 3.02. The molecule has 0 aliphatic heterocycles. The maximum Gasteiger partial charge on any atom is 0.319 e. The van der Waals surface area contributed by atoms with E-state index in [-0.39, 0.29) is 6.03 Å². The van der Waals surface area contributed by atoms with Gasteiger partial charge in [0.2, 0.25) is 0 Å². The summed E-state index contributed by atoms with van der Waals surface area (Å²) >= 11 is 2.23. The Kier molecular flexibility index (Phi) is 5.47. The number of amides is 2. The summed E-state index contributed by atoms with van der Waals surface area (Å²) in [6, 6.07) is 15.5. The highest BCUT2D eigenvalue weighted by molar-refractivity contribution is 14.1. The number of carbonyl (C=O) groups is 1. The fraction of sp³-hybridized carbons (Fsp3) is 0.111. The molecule has 0 radical (unpaired) electrons. The van der Waals surface area contributed by atoms with E-state index in [9.17, 15) is 4.79 Å². The van der Waals surface area contributed by atoms with Crippen LogP contribution in [0.2, 0.25) is 0 Å². The van der Waals surface area contributed by atoms with Crippen molar-refractivity contribution in [2.75, 3.05) is 5.32 Å². The summed E-state index contributed by atoms with van der Waals surface area (Å²) in [7, 11) is 0. The number of benzene rings is 2. The first-order chi connectivity index (χ1) is 11.7. The number of nitrogens with one attached hydrogen (secondary N) is 2. The first kappa shape index (κ1) is 16.5. The minimum absolute atomic E-state index is 0.214. The normalized spacial score (nSPS) is 10.4. The number of carbonyl (C=O) groups excluding carboxylic acids is 1. The minimum atomic E-state index is -0.214. The predicted octanol–water partition coefficient (Wildman–Crippen LogP) is 3.86. The van der Waals surface area contributed by atoms with E-state index in [1.807, 2.05) is 53.2 Å². The van der Waals surface area contributed by atoms with Crippen molar-refractivity contribution in [2.45, 2.75) is 13.1 Å². The second kappa shape index (κ2) is 7.96. The Labute approximate surface area is 154 Å². The molecule has 1 aromatic heterocycles. The Morgan fingerprint density at radius 3 is 2.54 bits per heavy atom. The molecule has 24 heavy (non-hydrogen) atoms. The number of hydrogen-bond donors (Lipinski definition) is 2. The molecule has 0 bridgehead atoms. The summed E-state index contributed by atoms with van der Waals surface area (Å²) in [6.45, 7) is 1.21. The third kappa shape index (κ3) is 4.58. The first-order valence-electron chi connectivity index (χ1n) is 7.53. The van der Waals surface area contributed by atoms with E-state index in [0.29, 0.717) is 6.54 Å². The predicted molar refractivity (Wildman–Crippen MR) is 103 cm³/mol. The SMILES string of the molecule is O=C(NCc1ccccc1Cn1ccnc1)Nc1ccc(I)cc1. The largest absolute Gasteiger partial charge is 0.334 e. The van der Waals surface area contributed by atoms with Gasteiger partial charge in [-0.05, 0) is 58.0 Å². The zero-order valence-corrected chi connectivity index (χ0v) is 15.1. The molecule has 0 aliphatic rings. The van der Waals surface area contributed by atoms with Crippen molar-refractivity contribution in [1.82, 2.24) is 14.9 Å². The molecule has 1 heterocycles. The lowest BCUT2D eigenvalue weighted by Crippen LogP contribution is -2.28. The van der Waals surface area contributed by atoms with Crippen molar-refractivity contribution in [2.24, 2.45) is 0 Å². The number of nitrogens with zero attached hydrogens (tertiary/aromatic N) is 2. The van der Waals surface area contributed by atoms with Crippen LogP contribution in [0.25, 0.3) is 0 Å².